The monoisotopic (exact) mass is 555 g/mol. The number of sulfonamides is 1. The van der Waals surface area contributed by atoms with Gasteiger partial charge in [0.1, 0.15) is 12.6 Å². The van der Waals surface area contributed by atoms with Gasteiger partial charge in [0.2, 0.25) is 21.8 Å². The molecule has 1 N–H and O–H groups in total. The van der Waals surface area contributed by atoms with Crippen molar-refractivity contribution in [1.82, 2.24) is 10.2 Å². The number of carbonyl (C=O) groups is 2. The van der Waals surface area contributed by atoms with Crippen LogP contribution in [-0.2, 0) is 26.2 Å². The first-order valence-electron chi connectivity index (χ1n) is 11.6. The number of amides is 2. The second-order valence-electron chi connectivity index (χ2n) is 9.92. The van der Waals surface area contributed by atoms with Crippen molar-refractivity contribution < 1.29 is 18.0 Å². The third-order valence-electron chi connectivity index (χ3n) is 5.74. The number of nitrogens with one attached hydrogen (secondary N) is 1. The van der Waals surface area contributed by atoms with E-state index in [2.05, 4.69) is 5.32 Å². The lowest BCUT2D eigenvalue weighted by molar-refractivity contribution is -0.141. The summed E-state index contributed by atoms with van der Waals surface area (Å²) in [5.74, 6) is -0.834. The van der Waals surface area contributed by atoms with Gasteiger partial charge in [-0.05, 0) is 75.9 Å². The molecule has 0 spiro atoms. The van der Waals surface area contributed by atoms with E-state index in [1.165, 1.54) is 4.90 Å². The van der Waals surface area contributed by atoms with Crippen LogP contribution in [0.1, 0.15) is 50.8 Å². The molecule has 10 heteroatoms. The molecule has 0 saturated heterocycles. The number of carbonyl (C=O) groups excluding carboxylic acids is 2. The second kappa shape index (κ2) is 11.8. The quantitative estimate of drug-likeness (QED) is 0.466. The first-order chi connectivity index (χ1) is 16.5. The van der Waals surface area contributed by atoms with E-state index in [-0.39, 0.29) is 12.5 Å². The Kier molecular flexibility index (Phi) is 9.84. The topological polar surface area (TPSA) is 86.8 Å². The van der Waals surface area contributed by atoms with E-state index in [0.29, 0.717) is 27.7 Å². The molecule has 2 aromatic rings. The van der Waals surface area contributed by atoms with E-state index in [4.69, 9.17) is 23.2 Å². The summed E-state index contributed by atoms with van der Waals surface area (Å²) in [7, 11) is -3.81. The summed E-state index contributed by atoms with van der Waals surface area (Å²) in [6, 6.07) is 9.45. The molecule has 7 nitrogen and oxygen atoms in total. The summed E-state index contributed by atoms with van der Waals surface area (Å²) >= 11 is 12.3. The average molecular weight is 557 g/mol. The van der Waals surface area contributed by atoms with E-state index in [9.17, 15) is 18.0 Å². The van der Waals surface area contributed by atoms with Gasteiger partial charge in [0.05, 0.1) is 22.0 Å². The maximum Gasteiger partial charge on any atom is 0.244 e. The van der Waals surface area contributed by atoms with Gasteiger partial charge in [-0.2, -0.15) is 0 Å². The molecule has 0 aliphatic rings. The molecule has 2 amide bonds. The average Bonchev–Trinajstić information content (AvgIpc) is 2.74. The highest BCUT2D eigenvalue weighted by molar-refractivity contribution is 7.92. The first-order valence-corrected chi connectivity index (χ1v) is 14.2. The molecule has 36 heavy (non-hydrogen) atoms. The lowest BCUT2D eigenvalue weighted by Crippen LogP contribution is -2.55. The molecule has 0 aliphatic carbocycles. The number of aryl methyl sites for hydroxylation is 1. The Hall–Kier alpha value is -2.29. The fraction of sp³-hybridized carbons (Fsp3) is 0.462. The minimum atomic E-state index is -3.81. The number of rotatable bonds is 9. The minimum Gasteiger partial charge on any atom is -0.350 e. The third-order valence-corrected chi connectivity index (χ3v) is 7.61. The summed E-state index contributed by atoms with van der Waals surface area (Å²) in [5.41, 5.74) is 2.23. The van der Waals surface area contributed by atoms with E-state index in [0.717, 1.165) is 21.7 Å². The van der Waals surface area contributed by atoms with E-state index < -0.39 is 34.1 Å². The molecule has 1 atom stereocenters. The van der Waals surface area contributed by atoms with Crippen molar-refractivity contribution in [2.75, 3.05) is 17.1 Å². The Morgan fingerprint density at radius 2 is 1.69 bits per heavy atom. The normalized spacial score (nSPS) is 12.7. The van der Waals surface area contributed by atoms with Crippen molar-refractivity contribution in [2.24, 2.45) is 0 Å². The molecule has 1 unspecified atom stereocenters. The Labute approximate surface area is 224 Å². The number of benzene rings is 2. The van der Waals surface area contributed by atoms with Crippen molar-refractivity contribution >= 4 is 50.7 Å². The molecule has 0 fully saturated rings. The first kappa shape index (κ1) is 29.9. The molecule has 2 rings (SSSR count). The van der Waals surface area contributed by atoms with Crippen LogP contribution in [-0.4, -0.2) is 49.5 Å². The highest BCUT2D eigenvalue weighted by Gasteiger charge is 2.33. The van der Waals surface area contributed by atoms with Crippen LogP contribution in [0.15, 0.2) is 36.4 Å². The molecule has 0 radical (unpaired) electrons. The zero-order valence-corrected chi connectivity index (χ0v) is 24.2. The number of halogens is 2. The highest BCUT2D eigenvalue weighted by atomic mass is 35.5. The Bertz CT molecular complexity index is 1230. The van der Waals surface area contributed by atoms with Crippen LogP contribution < -0.4 is 9.62 Å². The van der Waals surface area contributed by atoms with Gasteiger partial charge in [-0.25, -0.2) is 8.42 Å². The smallest absolute Gasteiger partial charge is 0.244 e. The number of anilines is 1. The standard InChI is InChI=1S/C26H35Cl2N3O4S/c1-8-22(25(33)29-26(4,5)6)30(15-19-12-13-20(27)21(28)14-19)24(32)16-31(36(7,34)35)23-11-9-10-17(2)18(23)3/h9-14,22H,8,15-16H2,1-7H3,(H,29,33). The van der Waals surface area contributed by atoms with Gasteiger partial charge in [-0.1, -0.05) is 48.3 Å². The molecule has 0 aliphatic heterocycles. The van der Waals surface area contributed by atoms with Crippen LogP contribution in [0, 0.1) is 13.8 Å². The SMILES string of the molecule is CCC(C(=O)NC(C)(C)C)N(Cc1ccc(Cl)c(Cl)c1)C(=O)CN(c1cccc(C)c1C)S(C)(=O)=O. The summed E-state index contributed by atoms with van der Waals surface area (Å²) in [5, 5.41) is 3.62. The molecular weight excluding hydrogens is 521 g/mol. The van der Waals surface area contributed by atoms with Gasteiger partial charge < -0.3 is 10.2 Å². The molecule has 0 saturated carbocycles. The Balaban J connectivity index is 2.53. The van der Waals surface area contributed by atoms with Crippen molar-refractivity contribution in [3.63, 3.8) is 0 Å². The van der Waals surface area contributed by atoms with Crippen LogP contribution in [0.3, 0.4) is 0 Å². The predicted molar refractivity (Wildman–Crippen MR) is 147 cm³/mol. The summed E-state index contributed by atoms with van der Waals surface area (Å²) < 4.78 is 26.7. The van der Waals surface area contributed by atoms with Crippen LogP contribution in [0.5, 0.6) is 0 Å². The molecular formula is C26H35Cl2N3O4S. The van der Waals surface area contributed by atoms with E-state index in [1.54, 1.807) is 37.3 Å². The zero-order valence-electron chi connectivity index (χ0n) is 21.9. The second-order valence-corrected chi connectivity index (χ2v) is 12.6. The maximum atomic E-state index is 13.8. The van der Waals surface area contributed by atoms with Crippen molar-refractivity contribution in [3.8, 4) is 0 Å². The van der Waals surface area contributed by atoms with Crippen LogP contribution in [0.25, 0.3) is 0 Å². The van der Waals surface area contributed by atoms with Crippen LogP contribution in [0.2, 0.25) is 10.0 Å². The lowest BCUT2D eigenvalue weighted by atomic mass is 10.1. The number of hydrogen-bond donors (Lipinski definition) is 1. The predicted octanol–water partition coefficient (Wildman–Crippen LogP) is 5.10. The summed E-state index contributed by atoms with van der Waals surface area (Å²) in [6.45, 7) is 10.7. The van der Waals surface area contributed by atoms with Gasteiger partial charge >= 0.3 is 0 Å². The van der Waals surface area contributed by atoms with Crippen LogP contribution >= 0.6 is 23.2 Å². The third kappa shape index (κ3) is 7.85. The molecule has 0 bridgehead atoms. The largest absolute Gasteiger partial charge is 0.350 e. The summed E-state index contributed by atoms with van der Waals surface area (Å²) in [6.07, 6.45) is 1.40. The van der Waals surface area contributed by atoms with Gasteiger partial charge in [0.15, 0.2) is 0 Å². The van der Waals surface area contributed by atoms with Crippen LogP contribution in [0.4, 0.5) is 5.69 Å². The van der Waals surface area contributed by atoms with E-state index in [1.807, 2.05) is 40.7 Å². The lowest BCUT2D eigenvalue weighted by Gasteiger charge is -2.34. The number of nitrogens with zero attached hydrogens (tertiary/aromatic N) is 2. The fourth-order valence-electron chi connectivity index (χ4n) is 3.81. The van der Waals surface area contributed by atoms with Gasteiger partial charge in [-0.15, -0.1) is 0 Å². The summed E-state index contributed by atoms with van der Waals surface area (Å²) in [4.78, 5) is 28.4. The minimum absolute atomic E-state index is 0.0518. The highest BCUT2D eigenvalue weighted by Crippen LogP contribution is 2.27. The maximum absolute atomic E-state index is 13.8. The van der Waals surface area contributed by atoms with Gasteiger partial charge in [-0.3, -0.25) is 13.9 Å². The van der Waals surface area contributed by atoms with Crippen molar-refractivity contribution in [1.29, 1.82) is 0 Å². The Morgan fingerprint density at radius 3 is 2.22 bits per heavy atom. The molecule has 2 aromatic carbocycles. The number of hydrogen-bond acceptors (Lipinski definition) is 4. The van der Waals surface area contributed by atoms with Gasteiger partial charge in [0.25, 0.3) is 0 Å². The van der Waals surface area contributed by atoms with Gasteiger partial charge in [0, 0.05) is 12.1 Å². The molecule has 198 valence electrons. The molecule has 0 aromatic heterocycles. The zero-order chi connectivity index (χ0) is 27.4. The molecule has 0 heterocycles. The Morgan fingerprint density at radius 1 is 1.06 bits per heavy atom. The van der Waals surface area contributed by atoms with Crippen molar-refractivity contribution in [3.05, 3.63) is 63.1 Å². The fourth-order valence-corrected chi connectivity index (χ4v) is 5.03. The van der Waals surface area contributed by atoms with E-state index >= 15 is 0 Å². The van der Waals surface area contributed by atoms with Crippen molar-refractivity contribution in [2.45, 2.75) is 66.1 Å².